The van der Waals surface area contributed by atoms with E-state index in [0.29, 0.717) is 6.04 Å². The summed E-state index contributed by atoms with van der Waals surface area (Å²) in [6.45, 7) is 7.24. The fourth-order valence-corrected chi connectivity index (χ4v) is 3.77. The molecule has 3 heteroatoms. The predicted octanol–water partition coefficient (Wildman–Crippen LogP) is 3.32. The Labute approximate surface area is 108 Å². The summed E-state index contributed by atoms with van der Waals surface area (Å²) >= 11 is 1.85. The van der Waals surface area contributed by atoms with E-state index in [2.05, 4.69) is 32.2 Å². The highest BCUT2D eigenvalue weighted by Gasteiger charge is 2.31. The van der Waals surface area contributed by atoms with Crippen LogP contribution in [0.3, 0.4) is 0 Å². The van der Waals surface area contributed by atoms with Crippen LogP contribution in [0.5, 0.6) is 0 Å². The highest BCUT2D eigenvalue weighted by molar-refractivity contribution is 7.12. The van der Waals surface area contributed by atoms with Crippen LogP contribution < -0.4 is 5.32 Å². The number of aliphatic hydroxyl groups is 1. The second-order valence-electron chi connectivity index (χ2n) is 5.40. The van der Waals surface area contributed by atoms with Crippen molar-refractivity contribution in [3.05, 3.63) is 21.4 Å². The summed E-state index contributed by atoms with van der Waals surface area (Å²) < 4.78 is 0. The molecule has 1 aliphatic carbocycles. The molecule has 0 aliphatic heterocycles. The molecule has 0 bridgehead atoms. The van der Waals surface area contributed by atoms with E-state index >= 15 is 0 Å². The van der Waals surface area contributed by atoms with Gasteiger partial charge in [0.05, 0.1) is 5.60 Å². The van der Waals surface area contributed by atoms with Crippen molar-refractivity contribution in [1.29, 1.82) is 0 Å². The van der Waals surface area contributed by atoms with Crippen molar-refractivity contribution in [2.24, 2.45) is 0 Å². The van der Waals surface area contributed by atoms with Gasteiger partial charge < -0.3 is 10.4 Å². The van der Waals surface area contributed by atoms with Crippen LogP contribution in [0.15, 0.2) is 6.07 Å². The number of nitrogens with one attached hydrogen (secondary N) is 1. The first-order chi connectivity index (χ1) is 8.00. The third-order valence-electron chi connectivity index (χ3n) is 3.82. The van der Waals surface area contributed by atoms with Gasteiger partial charge in [0.2, 0.25) is 0 Å². The Morgan fingerprint density at radius 1 is 1.41 bits per heavy atom. The molecule has 0 saturated heterocycles. The number of hydrogen-bond acceptors (Lipinski definition) is 3. The normalized spacial score (nSPS) is 20.7. The lowest BCUT2D eigenvalue weighted by molar-refractivity contribution is 0.0453. The fraction of sp³-hybridized carbons (Fsp3) is 0.714. The second-order valence-corrected chi connectivity index (χ2v) is 6.86. The molecule has 1 unspecified atom stereocenters. The molecule has 1 fully saturated rings. The van der Waals surface area contributed by atoms with Gasteiger partial charge >= 0.3 is 0 Å². The third kappa shape index (κ3) is 3.09. The summed E-state index contributed by atoms with van der Waals surface area (Å²) in [5.74, 6) is 0. The molecule has 2 rings (SSSR count). The molecule has 1 aromatic rings. The molecule has 1 heterocycles. The van der Waals surface area contributed by atoms with Crippen LogP contribution in [0.4, 0.5) is 0 Å². The average molecular weight is 253 g/mol. The molecule has 1 aromatic heterocycles. The summed E-state index contributed by atoms with van der Waals surface area (Å²) in [6.07, 6.45) is 4.25. The minimum atomic E-state index is -0.451. The Bertz CT molecular complexity index is 380. The molecule has 0 aromatic carbocycles. The van der Waals surface area contributed by atoms with Crippen molar-refractivity contribution in [2.75, 3.05) is 6.54 Å². The number of aryl methyl sites for hydroxylation is 2. The molecule has 1 saturated carbocycles. The Morgan fingerprint density at radius 3 is 2.59 bits per heavy atom. The van der Waals surface area contributed by atoms with E-state index in [1.54, 1.807) is 0 Å². The lowest BCUT2D eigenvalue weighted by Gasteiger charge is -2.25. The largest absolute Gasteiger partial charge is 0.389 e. The molecular weight excluding hydrogens is 230 g/mol. The second kappa shape index (κ2) is 5.09. The minimum absolute atomic E-state index is 0.338. The summed E-state index contributed by atoms with van der Waals surface area (Å²) in [5.41, 5.74) is 0.932. The quantitative estimate of drug-likeness (QED) is 0.862. The number of thiophene rings is 1. The van der Waals surface area contributed by atoms with E-state index in [1.807, 2.05) is 11.3 Å². The van der Waals surface area contributed by atoms with Crippen molar-refractivity contribution in [3.63, 3.8) is 0 Å². The van der Waals surface area contributed by atoms with Crippen molar-refractivity contribution in [1.82, 2.24) is 5.32 Å². The highest BCUT2D eigenvalue weighted by atomic mass is 32.1. The highest BCUT2D eigenvalue weighted by Crippen LogP contribution is 2.30. The zero-order valence-corrected chi connectivity index (χ0v) is 11.9. The number of hydrogen-bond donors (Lipinski definition) is 2. The lowest BCUT2D eigenvalue weighted by atomic mass is 10.0. The molecule has 0 amide bonds. The predicted molar refractivity (Wildman–Crippen MR) is 73.6 cm³/mol. The van der Waals surface area contributed by atoms with Crippen LogP contribution in [0.1, 0.15) is 54.0 Å². The molecule has 1 aliphatic rings. The van der Waals surface area contributed by atoms with Gasteiger partial charge in [0.15, 0.2) is 0 Å². The molecule has 2 nitrogen and oxygen atoms in total. The molecule has 0 radical (unpaired) electrons. The summed E-state index contributed by atoms with van der Waals surface area (Å²) in [5, 5.41) is 13.8. The van der Waals surface area contributed by atoms with Crippen LogP contribution >= 0.6 is 11.3 Å². The van der Waals surface area contributed by atoms with Crippen LogP contribution in [0, 0.1) is 13.8 Å². The van der Waals surface area contributed by atoms with Crippen LogP contribution in [0.25, 0.3) is 0 Å². The molecule has 96 valence electrons. The van der Waals surface area contributed by atoms with Gasteiger partial charge in [-0.1, -0.05) is 12.8 Å². The lowest BCUT2D eigenvalue weighted by Crippen LogP contribution is -2.39. The van der Waals surface area contributed by atoms with Gasteiger partial charge in [-0.2, -0.15) is 0 Å². The summed E-state index contributed by atoms with van der Waals surface area (Å²) in [7, 11) is 0. The molecular formula is C14H23NOS. The van der Waals surface area contributed by atoms with E-state index in [-0.39, 0.29) is 0 Å². The zero-order chi connectivity index (χ0) is 12.5. The Kier molecular flexibility index (Phi) is 3.91. The first-order valence-corrected chi connectivity index (χ1v) is 7.34. The van der Waals surface area contributed by atoms with Crippen molar-refractivity contribution >= 4 is 11.3 Å². The molecule has 17 heavy (non-hydrogen) atoms. The maximum Gasteiger partial charge on any atom is 0.0771 e. The topological polar surface area (TPSA) is 32.3 Å². The van der Waals surface area contributed by atoms with E-state index in [9.17, 15) is 5.11 Å². The van der Waals surface area contributed by atoms with Gasteiger partial charge in [0, 0.05) is 22.3 Å². The van der Waals surface area contributed by atoms with E-state index < -0.39 is 5.60 Å². The van der Waals surface area contributed by atoms with Gasteiger partial charge in [0.1, 0.15) is 0 Å². The molecule has 1 atom stereocenters. The van der Waals surface area contributed by atoms with E-state index in [0.717, 1.165) is 19.4 Å². The standard InChI is InChI=1S/C14H23NOS/c1-10-8-13(12(3)17-10)11(2)15-9-14(16)6-4-5-7-14/h8,11,15-16H,4-7,9H2,1-3H3. The Morgan fingerprint density at radius 2 is 2.06 bits per heavy atom. The average Bonchev–Trinajstić information content (AvgIpc) is 2.83. The smallest absolute Gasteiger partial charge is 0.0771 e. The van der Waals surface area contributed by atoms with Gasteiger partial charge in [-0.25, -0.2) is 0 Å². The van der Waals surface area contributed by atoms with Gasteiger partial charge in [-0.3, -0.25) is 0 Å². The maximum atomic E-state index is 10.3. The van der Waals surface area contributed by atoms with Crippen LogP contribution in [-0.4, -0.2) is 17.3 Å². The van der Waals surface area contributed by atoms with E-state index in [1.165, 1.54) is 28.2 Å². The van der Waals surface area contributed by atoms with Crippen molar-refractivity contribution in [2.45, 2.75) is 58.1 Å². The third-order valence-corrected chi connectivity index (χ3v) is 4.80. The first kappa shape index (κ1) is 13.1. The van der Waals surface area contributed by atoms with Crippen LogP contribution in [-0.2, 0) is 0 Å². The zero-order valence-electron chi connectivity index (χ0n) is 11.0. The van der Waals surface area contributed by atoms with Crippen molar-refractivity contribution < 1.29 is 5.11 Å². The van der Waals surface area contributed by atoms with Gasteiger partial charge in [-0.05, 0) is 45.2 Å². The van der Waals surface area contributed by atoms with Gasteiger partial charge in [0.25, 0.3) is 0 Å². The maximum absolute atomic E-state index is 10.3. The monoisotopic (exact) mass is 253 g/mol. The van der Waals surface area contributed by atoms with Gasteiger partial charge in [-0.15, -0.1) is 11.3 Å². The molecule has 2 N–H and O–H groups in total. The summed E-state index contributed by atoms with van der Waals surface area (Å²) in [6, 6.07) is 2.60. The first-order valence-electron chi connectivity index (χ1n) is 6.53. The Hall–Kier alpha value is -0.380. The summed E-state index contributed by atoms with van der Waals surface area (Å²) in [4.78, 5) is 2.76. The Balaban J connectivity index is 1.93. The minimum Gasteiger partial charge on any atom is -0.389 e. The SMILES string of the molecule is Cc1cc(C(C)NCC2(O)CCCC2)c(C)s1. The molecule has 0 spiro atoms. The van der Waals surface area contributed by atoms with Crippen LogP contribution in [0.2, 0.25) is 0 Å². The van der Waals surface area contributed by atoms with Crippen molar-refractivity contribution in [3.8, 4) is 0 Å². The van der Waals surface area contributed by atoms with E-state index in [4.69, 9.17) is 0 Å². The number of rotatable bonds is 4. The fourth-order valence-electron chi connectivity index (χ4n) is 2.74.